The fraction of sp³-hybridized carbons (Fsp3) is 0.200. The molecule has 146 valence electrons. The zero-order chi connectivity index (χ0) is 20.3. The molecular formula is C20H20N2O5S. The molecule has 0 aliphatic heterocycles. The summed E-state index contributed by atoms with van der Waals surface area (Å²) in [6, 6.07) is 13.1. The Kier molecular flexibility index (Phi) is 5.62. The summed E-state index contributed by atoms with van der Waals surface area (Å²) in [5.74, 6) is 0.998. The highest BCUT2D eigenvalue weighted by Gasteiger charge is 2.22. The Hall–Kier alpha value is -2.97. The Morgan fingerprint density at radius 3 is 2.32 bits per heavy atom. The molecule has 0 saturated heterocycles. The largest absolute Gasteiger partial charge is 0.497 e. The number of aromatic nitrogens is 1. The summed E-state index contributed by atoms with van der Waals surface area (Å²) < 4.78 is 37.2. The van der Waals surface area contributed by atoms with Gasteiger partial charge in [-0.2, -0.15) is 4.31 Å². The van der Waals surface area contributed by atoms with Gasteiger partial charge in [0.05, 0.1) is 24.2 Å². The van der Waals surface area contributed by atoms with Gasteiger partial charge in [0.25, 0.3) is 0 Å². The minimum Gasteiger partial charge on any atom is -0.497 e. The Morgan fingerprint density at radius 2 is 1.75 bits per heavy atom. The lowest BCUT2D eigenvalue weighted by Crippen LogP contribution is -2.26. The van der Waals surface area contributed by atoms with Gasteiger partial charge >= 0.3 is 0 Å². The number of oxazole rings is 1. The number of methoxy groups -OCH3 is 1. The Labute approximate surface area is 163 Å². The molecule has 1 heterocycles. The van der Waals surface area contributed by atoms with Crippen LogP contribution < -0.4 is 4.74 Å². The number of nitrogens with zero attached hydrogens (tertiary/aromatic N) is 2. The first-order chi connectivity index (χ1) is 13.3. The predicted octanol–water partition coefficient (Wildman–Crippen LogP) is 3.37. The highest BCUT2D eigenvalue weighted by molar-refractivity contribution is 7.89. The summed E-state index contributed by atoms with van der Waals surface area (Å²) >= 11 is 0. The number of hydrogen-bond donors (Lipinski definition) is 0. The van der Waals surface area contributed by atoms with Crippen molar-refractivity contribution in [2.45, 2.75) is 18.4 Å². The molecule has 8 heteroatoms. The van der Waals surface area contributed by atoms with Gasteiger partial charge in [-0.15, -0.1) is 0 Å². The maximum absolute atomic E-state index is 12.7. The highest BCUT2D eigenvalue weighted by atomic mass is 32.2. The monoisotopic (exact) mass is 400 g/mol. The summed E-state index contributed by atoms with van der Waals surface area (Å²) in [5.41, 5.74) is 1.71. The zero-order valence-electron chi connectivity index (χ0n) is 15.7. The maximum atomic E-state index is 12.7. The lowest BCUT2D eigenvalue weighted by molar-refractivity contribution is 0.101. The summed E-state index contributed by atoms with van der Waals surface area (Å²) in [6.45, 7) is 1.48. The fourth-order valence-electron chi connectivity index (χ4n) is 2.60. The molecule has 0 amide bonds. The SMILES string of the molecule is COc1ccc(-c2nc(CN(C)S(=O)(=O)c3ccc(C(C)=O)cc3)co2)cc1. The van der Waals surface area contributed by atoms with Crippen LogP contribution in [0.15, 0.2) is 64.1 Å². The molecule has 0 unspecified atom stereocenters. The molecule has 0 fully saturated rings. The summed E-state index contributed by atoms with van der Waals surface area (Å²) in [7, 11) is -0.666. The summed E-state index contributed by atoms with van der Waals surface area (Å²) in [5, 5.41) is 0. The number of benzene rings is 2. The lowest BCUT2D eigenvalue weighted by Gasteiger charge is -2.15. The summed E-state index contributed by atoms with van der Waals surface area (Å²) in [4.78, 5) is 15.8. The van der Waals surface area contributed by atoms with E-state index in [1.807, 2.05) is 12.1 Å². The van der Waals surface area contributed by atoms with Crippen LogP contribution in [0.3, 0.4) is 0 Å². The molecule has 0 saturated carbocycles. The third-order valence-corrected chi connectivity index (χ3v) is 6.06. The molecule has 0 aliphatic carbocycles. The number of sulfonamides is 1. The van der Waals surface area contributed by atoms with Crippen LogP contribution in [0.4, 0.5) is 0 Å². The van der Waals surface area contributed by atoms with Gasteiger partial charge < -0.3 is 9.15 Å². The van der Waals surface area contributed by atoms with Gasteiger partial charge in [0.15, 0.2) is 5.78 Å². The normalized spacial score (nSPS) is 11.6. The molecule has 3 rings (SSSR count). The molecule has 0 aliphatic rings. The van der Waals surface area contributed by atoms with Gasteiger partial charge in [0.2, 0.25) is 15.9 Å². The van der Waals surface area contributed by atoms with E-state index in [-0.39, 0.29) is 17.2 Å². The number of ketones is 1. The van der Waals surface area contributed by atoms with Gasteiger partial charge in [0.1, 0.15) is 12.0 Å². The maximum Gasteiger partial charge on any atom is 0.243 e. The minimum absolute atomic E-state index is 0.0520. The molecule has 0 bridgehead atoms. The van der Waals surface area contributed by atoms with E-state index in [1.54, 1.807) is 19.2 Å². The second kappa shape index (κ2) is 7.95. The molecule has 7 nitrogen and oxygen atoms in total. The molecule has 1 aromatic heterocycles. The van der Waals surface area contributed by atoms with E-state index in [1.165, 1.54) is 48.8 Å². The van der Waals surface area contributed by atoms with Crippen LogP contribution in [0, 0.1) is 0 Å². The molecule has 0 N–H and O–H groups in total. The van der Waals surface area contributed by atoms with Crippen molar-refractivity contribution >= 4 is 15.8 Å². The van der Waals surface area contributed by atoms with Crippen LogP contribution in [0.5, 0.6) is 5.75 Å². The van der Waals surface area contributed by atoms with E-state index in [4.69, 9.17) is 9.15 Å². The van der Waals surface area contributed by atoms with E-state index in [0.717, 1.165) is 11.3 Å². The fourth-order valence-corrected chi connectivity index (χ4v) is 3.74. The van der Waals surface area contributed by atoms with Crippen molar-refractivity contribution in [3.63, 3.8) is 0 Å². The van der Waals surface area contributed by atoms with Gasteiger partial charge in [-0.05, 0) is 43.3 Å². The van der Waals surface area contributed by atoms with Crippen LogP contribution >= 0.6 is 0 Å². The van der Waals surface area contributed by atoms with Gasteiger partial charge in [-0.1, -0.05) is 12.1 Å². The van der Waals surface area contributed by atoms with Crippen LogP contribution in [0.2, 0.25) is 0 Å². The molecule has 3 aromatic rings. The van der Waals surface area contributed by atoms with E-state index < -0.39 is 10.0 Å². The first-order valence-corrected chi connectivity index (χ1v) is 9.91. The van der Waals surface area contributed by atoms with Crippen molar-refractivity contribution < 1.29 is 22.4 Å². The van der Waals surface area contributed by atoms with Crippen molar-refractivity contribution in [2.75, 3.05) is 14.2 Å². The van der Waals surface area contributed by atoms with Gasteiger partial charge in [0, 0.05) is 18.2 Å². The minimum atomic E-state index is -3.72. The van der Waals surface area contributed by atoms with Crippen LogP contribution in [-0.2, 0) is 16.6 Å². The van der Waals surface area contributed by atoms with Crippen molar-refractivity contribution in [1.82, 2.24) is 9.29 Å². The zero-order valence-corrected chi connectivity index (χ0v) is 16.6. The van der Waals surface area contributed by atoms with Crippen LogP contribution in [0.25, 0.3) is 11.5 Å². The van der Waals surface area contributed by atoms with Crippen LogP contribution in [0.1, 0.15) is 23.0 Å². The second-order valence-electron chi connectivity index (χ2n) is 6.21. The Bertz CT molecular complexity index is 1070. The smallest absolute Gasteiger partial charge is 0.243 e. The van der Waals surface area contributed by atoms with Crippen molar-refractivity contribution in [2.24, 2.45) is 0 Å². The van der Waals surface area contributed by atoms with Gasteiger partial charge in [-0.25, -0.2) is 13.4 Å². The molecule has 28 heavy (non-hydrogen) atoms. The van der Waals surface area contributed by atoms with E-state index >= 15 is 0 Å². The predicted molar refractivity (Wildman–Crippen MR) is 104 cm³/mol. The number of carbonyl (C=O) groups is 1. The molecular weight excluding hydrogens is 380 g/mol. The number of rotatable bonds is 7. The molecule has 0 atom stereocenters. The average molecular weight is 400 g/mol. The standard InChI is InChI=1S/C20H20N2O5S/c1-14(23)15-6-10-19(11-7-15)28(24,25)22(2)12-17-13-27-20(21-17)16-4-8-18(26-3)9-5-16/h4-11,13H,12H2,1-3H3. The third kappa shape index (κ3) is 4.13. The van der Waals surface area contributed by atoms with E-state index in [9.17, 15) is 13.2 Å². The Balaban J connectivity index is 1.75. The first-order valence-electron chi connectivity index (χ1n) is 8.47. The quantitative estimate of drug-likeness (QED) is 0.565. The summed E-state index contributed by atoms with van der Waals surface area (Å²) in [6.07, 6.45) is 1.43. The average Bonchev–Trinajstić information content (AvgIpc) is 3.16. The number of ether oxygens (including phenoxy) is 1. The van der Waals surface area contributed by atoms with E-state index in [0.29, 0.717) is 17.1 Å². The van der Waals surface area contributed by atoms with E-state index in [2.05, 4.69) is 4.98 Å². The Morgan fingerprint density at radius 1 is 1.11 bits per heavy atom. The number of Topliss-reactive ketones (excluding diaryl/α,β-unsaturated/α-hetero) is 1. The van der Waals surface area contributed by atoms with Crippen molar-refractivity contribution in [1.29, 1.82) is 0 Å². The lowest BCUT2D eigenvalue weighted by atomic mass is 10.2. The number of carbonyl (C=O) groups excluding carboxylic acids is 1. The topological polar surface area (TPSA) is 89.7 Å². The first kappa shape index (κ1) is 19.8. The second-order valence-corrected chi connectivity index (χ2v) is 8.26. The molecule has 0 radical (unpaired) electrons. The van der Waals surface area contributed by atoms with Crippen molar-refractivity contribution in [3.05, 3.63) is 66.1 Å². The van der Waals surface area contributed by atoms with Crippen LogP contribution in [-0.4, -0.2) is 37.6 Å². The number of hydrogen-bond acceptors (Lipinski definition) is 6. The molecule has 2 aromatic carbocycles. The third-order valence-electron chi connectivity index (χ3n) is 4.24. The van der Waals surface area contributed by atoms with Crippen molar-refractivity contribution in [3.8, 4) is 17.2 Å². The van der Waals surface area contributed by atoms with Gasteiger partial charge in [-0.3, -0.25) is 4.79 Å². The molecule has 0 spiro atoms. The highest BCUT2D eigenvalue weighted by Crippen LogP contribution is 2.23.